The Hall–Kier alpha value is -0.800. The zero-order chi connectivity index (χ0) is 10.9. The zero-order valence-corrected chi connectivity index (χ0v) is 8.86. The van der Waals surface area contributed by atoms with Crippen molar-refractivity contribution in [3.63, 3.8) is 0 Å². The van der Waals surface area contributed by atoms with Gasteiger partial charge < -0.3 is 5.73 Å². The summed E-state index contributed by atoms with van der Waals surface area (Å²) >= 11 is 11.1. The number of carbonyl (C=O) groups is 1. The van der Waals surface area contributed by atoms with Crippen LogP contribution in [0.15, 0.2) is 12.1 Å². The normalized spacial score (nSPS) is 12.6. The molecular weight excluding hydrogens is 228 g/mol. The lowest BCUT2D eigenvalue weighted by molar-refractivity contribution is 0.0992. The van der Waals surface area contributed by atoms with E-state index in [1.807, 2.05) is 0 Å². The van der Waals surface area contributed by atoms with Gasteiger partial charge in [-0.05, 0) is 19.1 Å². The van der Waals surface area contributed by atoms with Crippen LogP contribution in [-0.2, 0) is 0 Å². The van der Waals surface area contributed by atoms with Gasteiger partial charge in [-0.3, -0.25) is 4.79 Å². The largest absolute Gasteiger partial charge is 0.398 e. The molecule has 2 nitrogen and oxygen atoms in total. The Morgan fingerprint density at radius 3 is 2.64 bits per heavy atom. The molecule has 0 fully saturated rings. The van der Waals surface area contributed by atoms with Crippen LogP contribution in [0.2, 0.25) is 5.02 Å². The first-order valence-electron chi connectivity index (χ1n) is 3.86. The minimum absolute atomic E-state index is 0.0457. The summed E-state index contributed by atoms with van der Waals surface area (Å²) < 4.78 is 12.9. The molecule has 1 rings (SSSR count). The van der Waals surface area contributed by atoms with E-state index in [1.54, 1.807) is 0 Å². The number of hydrogen-bond acceptors (Lipinski definition) is 2. The predicted octanol–water partition coefficient (Wildman–Crippen LogP) is 2.87. The molecule has 76 valence electrons. The van der Waals surface area contributed by atoms with Crippen molar-refractivity contribution in [3.8, 4) is 0 Å². The van der Waals surface area contributed by atoms with Gasteiger partial charge in [0.2, 0.25) is 0 Å². The summed E-state index contributed by atoms with van der Waals surface area (Å²) in [5.74, 6) is -1.02. The average molecular weight is 236 g/mol. The lowest BCUT2D eigenvalue weighted by Gasteiger charge is -2.07. The number of nitrogens with two attached hydrogens (primary N) is 1. The second kappa shape index (κ2) is 4.15. The number of ketones is 1. The number of anilines is 1. The van der Waals surface area contributed by atoms with Crippen molar-refractivity contribution < 1.29 is 9.18 Å². The summed E-state index contributed by atoms with van der Waals surface area (Å²) in [7, 11) is 0. The van der Waals surface area contributed by atoms with Crippen molar-refractivity contribution in [2.24, 2.45) is 0 Å². The van der Waals surface area contributed by atoms with E-state index in [1.165, 1.54) is 13.0 Å². The van der Waals surface area contributed by atoms with Gasteiger partial charge in [0.25, 0.3) is 0 Å². The number of benzene rings is 1. The predicted molar refractivity (Wildman–Crippen MR) is 55.5 cm³/mol. The van der Waals surface area contributed by atoms with Crippen molar-refractivity contribution in [2.75, 3.05) is 5.73 Å². The molecule has 1 atom stereocenters. The van der Waals surface area contributed by atoms with E-state index in [2.05, 4.69) is 0 Å². The lowest BCUT2D eigenvalue weighted by atomic mass is 10.1. The molecule has 5 heteroatoms. The fourth-order valence-electron chi connectivity index (χ4n) is 0.990. The number of nitrogen functional groups attached to an aromatic ring is 1. The van der Waals surface area contributed by atoms with Crippen molar-refractivity contribution in [1.82, 2.24) is 0 Å². The standard InChI is InChI=1S/C9H8Cl2FNO/c1-4(10)9(14)5-2-6(11)7(12)3-8(5)13/h2-4H,13H2,1H3. The highest BCUT2D eigenvalue weighted by Crippen LogP contribution is 2.23. The van der Waals surface area contributed by atoms with Crippen molar-refractivity contribution >= 4 is 34.7 Å². The molecule has 1 aromatic carbocycles. The fourth-order valence-corrected chi connectivity index (χ4v) is 1.27. The van der Waals surface area contributed by atoms with Crippen LogP contribution >= 0.6 is 23.2 Å². The third kappa shape index (κ3) is 2.16. The molecule has 0 spiro atoms. The molecule has 0 aromatic heterocycles. The van der Waals surface area contributed by atoms with E-state index in [0.29, 0.717) is 0 Å². The highest BCUT2D eigenvalue weighted by atomic mass is 35.5. The summed E-state index contributed by atoms with van der Waals surface area (Å²) in [5.41, 5.74) is 5.65. The Kier molecular flexibility index (Phi) is 3.34. The summed E-state index contributed by atoms with van der Waals surface area (Å²) in [6.45, 7) is 1.51. The molecule has 0 amide bonds. The van der Waals surface area contributed by atoms with Crippen molar-refractivity contribution in [3.05, 3.63) is 28.5 Å². The molecule has 0 radical (unpaired) electrons. The van der Waals surface area contributed by atoms with Crippen LogP contribution in [0, 0.1) is 5.82 Å². The summed E-state index contributed by atoms with van der Waals surface area (Å²) in [5, 5.41) is -0.848. The van der Waals surface area contributed by atoms with Crippen molar-refractivity contribution in [1.29, 1.82) is 0 Å². The van der Waals surface area contributed by atoms with E-state index >= 15 is 0 Å². The molecule has 0 heterocycles. The second-order valence-electron chi connectivity index (χ2n) is 2.83. The SMILES string of the molecule is CC(Cl)C(=O)c1cc(Cl)c(F)cc1N. The molecule has 2 N–H and O–H groups in total. The van der Waals surface area contributed by atoms with Crippen LogP contribution in [0.3, 0.4) is 0 Å². The molecule has 0 aliphatic rings. The van der Waals surface area contributed by atoms with Gasteiger partial charge in [0.1, 0.15) is 5.82 Å². The maximum atomic E-state index is 12.9. The summed E-state index contributed by atoms with van der Waals surface area (Å²) in [4.78, 5) is 11.4. The third-order valence-corrected chi connectivity index (χ3v) is 2.21. The molecule has 14 heavy (non-hydrogen) atoms. The molecular formula is C9H8Cl2FNO. The highest BCUT2D eigenvalue weighted by molar-refractivity contribution is 6.35. The fraction of sp³-hybridized carbons (Fsp3) is 0.222. The van der Waals surface area contributed by atoms with E-state index in [0.717, 1.165) is 6.07 Å². The van der Waals surface area contributed by atoms with Crippen molar-refractivity contribution in [2.45, 2.75) is 12.3 Å². The van der Waals surface area contributed by atoms with Gasteiger partial charge in [-0.25, -0.2) is 4.39 Å². The number of alkyl halides is 1. The zero-order valence-electron chi connectivity index (χ0n) is 7.35. The molecule has 0 bridgehead atoms. The molecule has 1 aromatic rings. The number of hydrogen-bond donors (Lipinski definition) is 1. The summed E-state index contributed by atoms with van der Waals surface area (Å²) in [6, 6.07) is 2.20. The molecule has 0 aliphatic carbocycles. The summed E-state index contributed by atoms with van der Waals surface area (Å²) in [6.07, 6.45) is 0. The van der Waals surface area contributed by atoms with Crippen LogP contribution in [0.1, 0.15) is 17.3 Å². The molecule has 0 aliphatic heterocycles. The Morgan fingerprint density at radius 1 is 1.57 bits per heavy atom. The van der Waals surface area contributed by atoms with Gasteiger partial charge in [0, 0.05) is 11.3 Å². The lowest BCUT2D eigenvalue weighted by Crippen LogP contribution is -2.13. The quantitative estimate of drug-likeness (QED) is 0.487. The number of halogens is 3. The van der Waals surface area contributed by atoms with Crippen LogP contribution < -0.4 is 5.73 Å². The molecule has 0 saturated heterocycles. The van der Waals surface area contributed by atoms with Gasteiger partial charge in [0.15, 0.2) is 5.78 Å². The average Bonchev–Trinajstić information content (AvgIpc) is 2.10. The van der Waals surface area contributed by atoms with E-state index in [-0.39, 0.29) is 22.1 Å². The first kappa shape index (κ1) is 11.3. The topological polar surface area (TPSA) is 43.1 Å². The highest BCUT2D eigenvalue weighted by Gasteiger charge is 2.17. The molecule has 0 saturated carbocycles. The Balaban J connectivity index is 3.22. The minimum Gasteiger partial charge on any atom is -0.398 e. The number of rotatable bonds is 2. The minimum atomic E-state index is -0.709. The maximum absolute atomic E-state index is 12.9. The number of Topliss-reactive ketones (excluding diaryl/α,β-unsaturated/α-hetero) is 1. The first-order valence-corrected chi connectivity index (χ1v) is 4.67. The van der Waals surface area contributed by atoms with Gasteiger partial charge in [-0.1, -0.05) is 11.6 Å². The first-order chi connectivity index (χ1) is 6.43. The maximum Gasteiger partial charge on any atom is 0.182 e. The second-order valence-corrected chi connectivity index (χ2v) is 3.90. The van der Waals surface area contributed by atoms with E-state index in [9.17, 15) is 9.18 Å². The van der Waals surface area contributed by atoms with Crippen LogP contribution in [0.5, 0.6) is 0 Å². The third-order valence-electron chi connectivity index (χ3n) is 1.72. The smallest absolute Gasteiger partial charge is 0.182 e. The monoisotopic (exact) mass is 235 g/mol. The molecule has 1 unspecified atom stereocenters. The van der Waals surface area contributed by atoms with Crippen LogP contribution in [-0.4, -0.2) is 11.2 Å². The Bertz CT molecular complexity index is 379. The van der Waals surface area contributed by atoms with E-state index < -0.39 is 11.2 Å². The number of carbonyl (C=O) groups excluding carboxylic acids is 1. The van der Waals surface area contributed by atoms with Gasteiger partial charge in [-0.15, -0.1) is 11.6 Å². The van der Waals surface area contributed by atoms with Gasteiger partial charge in [0.05, 0.1) is 10.4 Å². The van der Waals surface area contributed by atoms with E-state index in [4.69, 9.17) is 28.9 Å². The Labute approximate surface area is 90.8 Å². The Morgan fingerprint density at radius 2 is 2.14 bits per heavy atom. The van der Waals surface area contributed by atoms with Gasteiger partial charge >= 0.3 is 0 Å². The van der Waals surface area contributed by atoms with Crippen LogP contribution in [0.4, 0.5) is 10.1 Å². The van der Waals surface area contributed by atoms with Gasteiger partial charge in [-0.2, -0.15) is 0 Å². The van der Waals surface area contributed by atoms with Crippen LogP contribution in [0.25, 0.3) is 0 Å².